The minimum absolute atomic E-state index is 0.0237. The lowest BCUT2D eigenvalue weighted by atomic mass is 9.85. The maximum atomic E-state index is 14.3. The summed E-state index contributed by atoms with van der Waals surface area (Å²) >= 11 is 0. The number of amides is 1. The van der Waals surface area contributed by atoms with Gasteiger partial charge in [0.15, 0.2) is 23.3 Å². The van der Waals surface area contributed by atoms with E-state index in [0.717, 1.165) is 24.8 Å². The van der Waals surface area contributed by atoms with Gasteiger partial charge in [-0.3, -0.25) is 4.79 Å². The molecule has 0 aromatic heterocycles. The SMILES string of the molecule is CC(C)(C)c1ccc(C(=O)Nc2c(F)c(F)c(C(F)(F)F)c(F)c2F)c(N2CCCCC2)c1. The van der Waals surface area contributed by atoms with Crippen LogP contribution in [0.25, 0.3) is 0 Å². The van der Waals surface area contributed by atoms with Gasteiger partial charge >= 0.3 is 6.18 Å². The molecule has 2 aromatic carbocycles. The summed E-state index contributed by atoms with van der Waals surface area (Å²) < 4.78 is 94.9. The number of carbonyl (C=O) groups excluding carboxylic acids is 1. The van der Waals surface area contributed by atoms with Gasteiger partial charge < -0.3 is 10.2 Å². The van der Waals surface area contributed by atoms with Crippen molar-refractivity contribution >= 4 is 17.3 Å². The van der Waals surface area contributed by atoms with Crippen LogP contribution in [0, 0.1) is 23.3 Å². The van der Waals surface area contributed by atoms with E-state index < -0.39 is 46.6 Å². The number of nitrogens with one attached hydrogen (secondary N) is 1. The van der Waals surface area contributed by atoms with E-state index in [4.69, 9.17) is 0 Å². The molecule has 1 N–H and O–H groups in total. The zero-order valence-corrected chi connectivity index (χ0v) is 18.3. The highest BCUT2D eigenvalue weighted by atomic mass is 19.4. The molecule has 0 aliphatic carbocycles. The molecule has 0 unspecified atom stereocenters. The first-order chi connectivity index (χ1) is 15.2. The van der Waals surface area contributed by atoms with Gasteiger partial charge in [-0.05, 0) is 42.4 Å². The van der Waals surface area contributed by atoms with E-state index in [9.17, 15) is 35.5 Å². The summed E-state index contributed by atoms with van der Waals surface area (Å²) in [5.74, 6) is -11.0. The number of rotatable bonds is 3. The molecule has 1 heterocycles. The van der Waals surface area contributed by atoms with Crippen molar-refractivity contribution in [1.29, 1.82) is 0 Å². The maximum Gasteiger partial charge on any atom is 0.422 e. The van der Waals surface area contributed by atoms with Crippen LogP contribution in [-0.4, -0.2) is 19.0 Å². The molecule has 0 spiro atoms. The van der Waals surface area contributed by atoms with Crippen LogP contribution >= 0.6 is 0 Å². The number of halogens is 7. The second-order valence-electron chi connectivity index (χ2n) is 8.99. The Morgan fingerprint density at radius 3 is 1.91 bits per heavy atom. The van der Waals surface area contributed by atoms with Gasteiger partial charge in [-0.15, -0.1) is 0 Å². The number of benzene rings is 2. The highest BCUT2D eigenvalue weighted by Gasteiger charge is 2.42. The Labute approximate surface area is 186 Å². The summed E-state index contributed by atoms with van der Waals surface area (Å²) in [4.78, 5) is 14.8. The van der Waals surface area contributed by atoms with E-state index >= 15 is 0 Å². The Morgan fingerprint density at radius 1 is 0.879 bits per heavy atom. The van der Waals surface area contributed by atoms with E-state index in [1.165, 1.54) is 6.07 Å². The molecule has 1 fully saturated rings. The molecule has 0 atom stereocenters. The average Bonchev–Trinajstić information content (AvgIpc) is 2.74. The lowest BCUT2D eigenvalue weighted by Crippen LogP contribution is -2.32. The predicted molar refractivity (Wildman–Crippen MR) is 110 cm³/mol. The summed E-state index contributed by atoms with van der Waals surface area (Å²) in [7, 11) is 0. The molecule has 1 aliphatic heterocycles. The van der Waals surface area contributed by atoms with Crippen molar-refractivity contribution in [2.75, 3.05) is 23.3 Å². The Morgan fingerprint density at radius 2 is 1.42 bits per heavy atom. The van der Waals surface area contributed by atoms with Crippen molar-refractivity contribution in [3.05, 3.63) is 58.2 Å². The number of carbonyl (C=O) groups is 1. The Kier molecular flexibility index (Phi) is 6.68. The summed E-state index contributed by atoms with van der Waals surface area (Å²) in [5, 5.41) is 1.73. The van der Waals surface area contributed by atoms with Crippen molar-refractivity contribution in [2.45, 2.75) is 51.6 Å². The van der Waals surface area contributed by atoms with E-state index in [-0.39, 0.29) is 11.0 Å². The first kappa shape index (κ1) is 24.9. The number of alkyl halides is 3. The fourth-order valence-electron chi connectivity index (χ4n) is 3.76. The minimum Gasteiger partial charge on any atom is -0.371 e. The fraction of sp³-hybridized carbons (Fsp3) is 0.435. The van der Waals surface area contributed by atoms with Crippen LogP contribution in [0.5, 0.6) is 0 Å². The van der Waals surface area contributed by atoms with E-state index in [0.29, 0.717) is 18.8 Å². The zero-order chi connectivity index (χ0) is 24.7. The predicted octanol–water partition coefficient (Wildman–Crippen LogP) is 6.80. The van der Waals surface area contributed by atoms with Crippen molar-refractivity contribution in [2.24, 2.45) is 0 Å². The molecular weight excluding hydrogens is 453 g/mol. The molecule has 1 saturated heterocycles. The number of anilines is 2. The van der Waals surface area contributed by atoms with Gasteiger partial charge in [-0.1, -0.05) is 26.8 Å². The number of piperidine rings is 1. The van der Waals surface area contributed by atoms with E-state index in [2.05, 4.69) is 0 Å². The number of hydrogen-bond donors (Lipinski definition) is 1. The lowest BCUT2D eigenvalue weighted by Gasteiger charge is -2.32. The Bertz CT molecular complexity index is 1040. The third kappa shape index (κ3) is 4.94. The van der Waals surface area contributed by atoms with Gasteiger partial charge in [0.1, 0.15) is 11.3 Å². The van der Waals surface area contributed by atoms with Crippen LogP contribution in [0.1, 0.15) is 61.5 Å². The highest BCUT2D eigenvalue weighted by Crippen LogP contribution is 2.39. The van der Waals surface area contributed by atoms with Gasteiger partial charge in [0.2, 0.25) is 0 Å². The molecule has 10 heteroatoms. The van der Waals surface area contributed by atoms with E-state index in [1.54, 1.807) is 17.4 Å². The van der Waals surface area contributed by atoms with E-state index in [1.807, 2.05) is 25.7 Å². The molecule has 33 heavy (non-hydrogen) atoms. The molecule has 0 saturated carbocycles. The first-order valence-corrected chi connectivity index (χ1v) is 10.4. The van der Waals surface area contributed by atoms with Gasteiger partial charge in [-0.2, -0.15) is 13.2 Å². The average molecular weight is 476 g/mol. The van der Waals surface area contributed by atoms with Crippen molar-refractivity contribution in [3.63, 3.8) is 0 Å². The quantitative estimate of drug-likeness (QED) is 0.390. The maximum absolute atomic E-state index is 14.3. The second kappa shape index (κ2) is 8.87. The molecular formula is C23H23F7N2O. The molecule has 2 aromatic rings. The van der Waals surface area contributed by atoms with Crippen LogP contribution in [0.4, 0.5) is 42.1 Å². The van der Waals surface area contributed by atoms with Gasteiger partial charge in [-0.25, -0.2) is 17.6 Å². The fourth-order valence-corrected chi connectivity index (χ4v) is 3.76. The smallest absolute Gasteiger partial charge is 0.371 e. The summed E-state index contributed by atoms with van der Waals surface area (Å²) in [6.45, 7) is 7.13. The molecule has 0 bridgehead atoms. The van der Waals surface area contributed by atoms with Gasteiger partial charge in [0.25, 0.3) is 5.91 Å². The molecule has 0 radical (unpaired) electrons. The van der Waals surface area contributed by atoms with Crippen LogP contribution in [-0.2, 0) is 11.6 Å². The topological polar surface area (TPSA) is 32.3 Å². The highest BCUT2D eigenvalue weighted by molar-refractivity contribution is 6.08. The second-order valence-corrected chi connectivity index (χ2v) is 8.99. The monoisotopic (exact) mass is 476 g/mol. The van der Waals surface area contributed by atoms with Gasteiger partial charge in [0.05, 0.1) is 5.56 Å². The van der Waals surface area contributed by atoms with Crippen LogP contribution in [0.15, 0.2) is 18.2 Å². The third-order valence-corrected chi connectivity index (χ3v) is 5.59. The third-order valence-electron chi connectivity index (χ3n) is 5.59. The van der Waals surface area contributed by atoms with Crippen molar-refractivity contribution in [3.8, 4) is 0 Å². The number of hydrogen-bond acceptors (Lipinski definition) is 2. The summed E-state index contributed by atoms with van der Waals surface area (Å²) in [6.07, 6.45) is -2.95. The minimum atomic E-state index is -5.66. The molecule has 3 rings (SSSR count). The van der Waals surface area contributed by atoms with Crippen LogP contribution in [0.3, 0.4) is 0 Å². The van der Waals surface area contributed by atoms with Crippen LogP contribution in [0.2, 0.25) is 0 Å². The number of nitrogens with zero attached hydrogens (tertiary/aromatic N) is 1. The zero-order valence-electron chi connectivity index (χ0n) is 18.3. The van der Waals surface area contributed by atoms with Crippen molar-refractivity contribution in [1.82, 2.24) is 0 Å². The molecule has 180 valence electrons. The molecule has 3 nitrogen and oxygen atoms in total. The first-order valence-electron chi connectivity index (χ1n) is 10.4. The van der Waals surface area contributed by atoms with Crippen LogP contribution < -0.4 is 10.2 Å². The van der Waals surface area contributed by atoms with Crippen molar-refractivity contribution < 1.29 is 35.5 Å². The largest absolute Gasteiger partial charge is 0.422 e. The standard InChI is InChI=1S/C23H23F7N2O/c1-22(2,3)12-7-8-13(14(11-12)32-9-5-4-6-10-32)21(33)31-20-18(26)16(24)15(23(28,29)30)17(25)19(20)27/h7-8,11H,4-6,9-10H2,1-3H3,(H,31,33). The van der Waals surface area contributed by atoms with Gasteiger partial charge in [0, 0.05) is 18.8 Å². The molecule has 1 amide bonds. The summed E-state index contributed by atoms with van der Waals surface area (Å²) in [6, 6.07) is 4.83. The Hall–Kier alpha value is -2.78. The lowest BCUT2D eigenvalue weighted by molar-refractivity contribution is -0.143. The Balaban J connectivity index is 2.06. The normalized spacial score (nSPS) is 15.0. The summed E-state index contributed by atoms with van der Waals surface area (Å²) in [5.41, 5.74) is -3.27. The molecule has 1 aliphatic rings.